The van der Waals surface area contributed by atoms with E-state index in [4.69, 9.17) is 14.2 Å². The van der Waals surface area contributed by atoms with Crippen molar-refractivity contribution in [2.45, 2.75) is 0 Å². The van der Waals surface area contributed by atoms with Crippen LogP contribution in [0, 0.1) is 0 Å². The molecule has 0 aromatic heterocycles. The molecule has 0 heterocycles. The molecule has 0 saturated heterocycles. The number of phenolic OH excluding ortho intramolecular Hbond substituents is 1. The molecule has 0 aliphatic rings. The average Bonchev–Trinajstić information content (AvgIpc) is 2.77. The summed E-state index contributed by atoms with van der Waals surface area (Å²) in [4.78, 5) is 22.8. The molecule has 0 radical (unpaired) electrons. The quantitative estimate of drug-likeness (QED) is 0.517. The van der Waals surface area contributed by atoms with Crippen molar-refractivity contribution in [3.8, 4) is 28.7 Å². The largest absolute Gasteiger partial charge is 0.502 e. The minimum atomic E-state index is -0.566. The maximum Gasteiger partial charge on any atom is 0.330 e. The van der Waals surface area contributed by atoms with Crippen molar-refractivity contribution < 1.29 is 38.4 Å². The lowest BCUT2D eigenvalue weighted by Crippen LogP contribution is -1.97. The van der Waals surface area contributed by atoms with Crippen molar-refractivity contribution in [3.05, 3.63) is 53.6 Å². The van der Waals surface area contributed by atoms with E-state index in [2.05, 4.69) is 9.47 Å². The zero-order valence-electron chi connectivity index (χ0n) is 17.0. The molecule has 0 aliphatic heterocycles. The molecule has 8 heteroatoms. The topological polar surface area (TPSA) is 101 Å². The van der Waals surface area contributed by atoms with Crippen LogP contribution in [0.1, 0.15) is 11.1 Å². The Bertz CT molecular complexity index is 975. The first kappa shape index (κ1) is 22.4. The van der Waals surface area contributed by atoms with Crippen molar-refractivity contribution in [1.29, 1.82) is 0 Å². The second-order valence-electron chi connectivity index (χ2n) is 5.76. The van der Waals surface area contributed by atoms with E-state index in [1.165, 1.54) is 52.7 Å². The predicted molar refractivity (Wildman–Crippen MR) is 110 cm³/mol. The molecular weight excluding hydrogens is 392 g/mol. The second kappa shape index (κ2) is 10.6. The fourth-order valence-electron chi connectivity index (χ4n) is 2.42. The Hall–Kier alpha value is -3.94. The molecule has 2 aromatic rings. The number of hydrogen-bond acceptors (Lipinski definition) is 8. The maximum absolute atomic E-state index is 11.5. The summed E-state index contributed by atoms with van der Waals surface area (Å²) >= 11 is 0. The zero-order chi connectivity index (χ0) is 22.1. The minimum absolute atomic E-state index is 0.0434. The number of carbonyl (C=O) groups is 2. The lowest BCUT2D eigenvalue weighted by Gasteiger charge is -2.16. The molecule has 0 unspecified atom stereocenters. The van der Waals surface area contributed by atoms with Gasteiger partial charge < -0.3 is 28.8 Å². The third-order valence-electron chi connectivity index (χ3n) is 3.96. The van der Waals surface area contributed by atoms with Gasteiger partial charge in [0.25, 0.3) is 0 Å². The first-order chi connectivity index (χ1) is 14.4. The van der Waals surface area contributed by atoms with E-state index in [9.17, 15) is 14.7 Å². The first-order valence-electron chi connectivity index (χ1n) is 8.71. The minimum Gasteiger partial charge on any atom is -0.502 e. The Morgan fingerprint density at radius 1 is 0.800 bits per heavy atom. The summed E-state index contributed by atoms with van der Waals surface area (Å²) in [5.41, 5.74) is 1.03. The Morgan fingerprint density at radius 2 is 1.40 bits per heavy atom. The van der Waals surface area contributed by atoms with Gasteiger partial charge in [0.15, 0.2) is 23.0 Å². The van der Waals surface area contributed by atoms with Gasteiger partial charge >= 0.3 is 11.9 Å². The van der Waals surface area contributed by atoms with E-state index in [1.807, 2.05) is 0 Å². The highest BCUT2D eigenvalue weighted by molar-refractivity contribution is 5.88. The van der Waals surface area contributed by atoms with Crippen molar-refractivity contribution in [3.63, 3.8) is 0 Å². The summed E-state index contributed by atoms with van der Waals surface area (Å²) in [6, 6.07) is 8.12. The van der Waals surface area contributed by atoms with Crippen molar-refractivity contribution in [1.82, 2.24) is 0 Å². The average molecular weight is 414 g/mol. The van der Waals surface area contributed by atoms with E-state index in [0.717, 1.165) is 0 Å². The van der Waals surface area contributed by atoms with E-state index >= 15 is 0 Å². The van der Waals surface area contributed by atoms with E-state index in [0.29, 0.717) is 16.9 Å². The highest BCUT2D eigenvalue weighted by atomic mass is 16.5. The highest BCUT2D eigenvalue weighted by Crippen LogP contribution is 2.44. The third-order valence-corrected chi connectivity index (χ3v) is 3.96. The number of phenols is 1. The van der Waals surface area contributed by atoms with Gasteiger partial charge in [-0.05, 0) is 42.0 Å². The first-order valence-corrected chi connectivity index (χ1v) is 8.71. The van der Waals surface area contributed by atoms with E-state index in [-0.39, 0.29) is 23.0 Å². The van der Waals surface area contributed by atoms with Crippen LogP contribution in [0.5, 0.6) is 28.7 Å². The summed E-state index contributed by atoms with van der Waals surface area (Å²) in [6.07, 6.45) is 5.44. The van der Waals surface area contributed by atoms with Gasteiger partial charge in [-0.2, -0.15) is 0 Å². The summed E-state index contributed by atoms with van der Waals surface area (Å²) in [5, 5.41) is 10.6. The number of carbonyl (C=O) groups excluding carboxylic acids is 2. The van der Waals surface area contributed by atoms with Crippen LogP contribution in [0.15, 0.2) is 42.5 Å². The SMILES string of the molecule is COC(=O)/C=C/c1ccc(OC)c(Oc2c(/C=C/C(=O)OC)ccc(OC)c2O)c1. The smallest absolute Gasteiger partial charge is 0.330 e. The third kappa shape index (κ3) is 5.54. The van der Waals surface area contributed by atoms with Gasteiger partial charge in [-0.25, -0.2) is 9.59 Å². The van der Waals surface area contributed by atoms with Gasteiger partial charge in [-0.15, -0.1) is 0 Å². The number of methoxy groups -OCH3 is 4. The summed E-state index contributed by atoms with van der Waals surface area (Å²) in [7, 11) is 5.41. The molecule has 158 valence electrons. The van der Waals surface area contributed by atoms with Gasteiger partial charge in [-0.3, -0.25) is 0 Å². The van der Waals surface area contributed by atoms with Crippen LogP contribution in [0.4, 0.5) is 0 Å². The summed E-state index contributed by atoms with van der Waals surface area (Å²) in [6.45, 7) is 0. The number of rotatable bonds is 8. The molecule has 30 heavy (non-hydrogen) atoms. The molecular formula is C22H22O8. The van der Waals surface area contributed by atoms with Crippen LogP contribution in [-0.4, -0.2) is 45.5 Å². The van der Waals surface area contributed by atoms with Crippen LogP contribution in [0.2, 0.25) is 0 Å². The van der Waals surface area contributed by atoms with E-state index in [1.54, 1.807) is 30.3 Å². The molecule has 0 aliphatic carbocycles. The zero-order valence-corrected chi connectivity index (χ0v) is 17.0. The van der Waals surface area contributed by atoms with Crippen molar-refractivity contribution >= 4 is 24.1 Å². The monoisotopic (exact) mass is 414 g/mol. The maximum atomic E-state index is 11.5. The molecule has 2 rings (SSSR count). The highest BCUT2D eigenvalue weighted by Gasteiger charge is 2.17. The van der Waals surface area contributed by atoms with Crippen molar-refractivity contribution in [2.75, 3.05) is 28.4 Å². The Labute approximate surface area is 173 Å². The Morgan fingerprint density at radius 3 is 2.00 bits per heavy atom. The number of hydrogen-bond donors (Lipinski definition) is 1. The molecule has 0 amide bonds. The van der Waals surface area contributed by atoms with Gasteiger partial charge in [0.1, 0.15) is 0 Å². The molecule has 2 aromatic carbocycles. The fourth-order valence-corrected chi connectivity index (χ4v) is 2.42. The van der Waals surface area contributed by atoms with E-state index < -0.39 is 11.9 Å². The predicted octanol–water partition coefficient (Wildman–Crippen LogP) is 3.57. The Kier molecular flexibility index (Phi) is 7.87. The summed E-state index contributed by atoms with van der Waals surface area (Å²) in [5.74, 6) is -0.459. The molecule has 0 bridgehead atoms. The van der Waals surface area contributed by atoms with Crippen molar-refractivity contribution in [2.24, 2.45) is 0 Å². The van der Waals surface area contributed by atoms with Crippen LogP contribution >= 0.6 is 0 Å². The molecule has 1 N–H and O–H groups in total. The van der Waals surface area contributed by atoms with Gasteiger partial charge in [-0.1, -0.05) is 6.07 Å². The van der Waals surface area contributed by atoms with Crippen LogP contribution in [-0.2, 0) is 19.1 Å². The molecule has 0 atom stereocenters. The molecule has 0 spiro atoms. The molecule has 0 fully saturated rings. The van der Waals surface area contributed by atoms with Gasteiger partial charge in [0, 0.05) is 17.7 Å². The lowest BCUT2D eigenvalue weighted by atomic mass is 10.1. The standard InChI is InChI=1S/C22H22O8/c1-26-16-9-5-14(6-11-19(23)28-3)13-18(16)30-22-15(8-12-20(24)29-4)7-10-17(27-2)21(22)25/h5-13,25H,1-4H3/b11-6+,12-8+. The summed E-state index contributed by atoms with van der Waals surface area (Å²) < 4.78 is 25.6. The molecule has 0 saturated carbocycles. The number of esters is 2. The van der Waals surface area contributed by atoms with Crippen LogP contribution in [0.3, 0.4) is 0 Å². The second-order valence-corrected chi connectivity index (χ2v) is 5.76. The van der Waals surface area contributed by atoms with Gasteiger partial charge in [0.05, 0.1) is 28.4 Å². The van der Waals surface area contributed by atoms with Crippen LogP contribution in [0.25, 0.3) is 12.2 Å². The normalized spacial score (nSPS) is 10.8. The molecule has 8 nitrogen and oxygen atoms in total. The number of benzene rings is 2. The number of aromatic hydroxyl groups is 1. The number of ether oxygens (including phenoxy) is 5. The fraction of sp³-hybridized carbons (Fsp3) is 0.182. The lowest BCUT2D eigenvalue weighted by molar-refractivity contribution is -0.135. The van der Waals surface area contributed by atoms with Gasteiger partial charge in [0.2, 0.25) is 5.75 Å². The van der Waals surface area contributed by atoms with Crippen LogP contribution < -0.4 is 14.2 Å². The Balaban J connectivity index is 2.51.